The molecule has 1 heterocycles. The highest BCUT2D eigenvalue weighted by Gasteiger charge is 2.01. The van der Waals surface area contributed by atoms with Gasteiger partial charge < -0.3 is 10.1 Å². The molecule has 0 radical (unpaired) electrons. The fourth-order valence-electron chi connectivity index (χ4n) is 1.06. The third kappa shape index (κ3) is 4.94. The van der Waals surface area contributed by atoms with Gasteiger partial charge in [0, 0.05) is 12.6 Å². The molecule has 0 amide bonds. The lowest BCUT2D eigenvalue weighted by Gasteiger charge is -2.06. The molecule has 6 nitrogen and oxygen atoms in total. The summed E-state index contributed by atoms with van der Waals surface area (Å²) in [6, 6.07) is 3.48. The van der Waals surface area contributed by atoms with Crippen molar-refractivity contribution in [2.24, 2.45) is 5.14 Å². The fraction of sp³-hybridized carbons (Fsp3) is 0.444. The van der Waals surface area contributed by atoms with E-state index in [2.05, 4.69) is 10.3 Å². The zero-order valence-electron chi connectivity index (χ0n) is 9.01. The fourth-order valence-corrected chi connectivity index (χ4v) is 1.44. The van der Waals surface area contributed by atoms with Crippen LogP contribution >= 0.6 is 0 Å². The highest BCUT2D eigenvalue weighted by Crippen LogP contribution is 2.10. The van der Waals surface area contributed by atoms with E-state index in [0.717, 1.165) is 5.69 Å². The molecule has 1 aromatic rings. The van der Waals surface area contributed by atoms with Gasteiger partial charge in [0.15, 0.2) is 0 Å². The maximum atomic E-state index is 10.7. The second-order valence-corrected chi connectivity index (χ2v) is 4.85. The van der Waals surface area contributed by atoms with E-state index < -0.39 is 10.0 Å². The largest absolute Gasteiger partial charge is 0.478 e. The van der Waals surface area contributed by atoms with Gasteiger partial charge in [0.25, 0.3) is 0 Å². The van der Waals surface area contributed by atoms with Gasteiger partial charge in [-0.05, 0) is 13.0 Å². The van der Waals surface area contributed by atoms with Crippen LogP contribution in [0.1, 0.15) is 6.92 Å². The first kappa shape index (κ1) is 12.7. The first-order valence-electron chi connectivity index (χ1n) is 4.84. The summed E-state index contributed by atoms with van der Waals surface area (Å²) < 4.78 is 26.5. The van der Waals surface area contributed by atoms with Crippen LogP contribution in [0.5, 0.6) is 5.88 Å². The lowest BCUT2D eigenvalue weighted by molar-refractivity contribution is 0.327. The summed E-state index contributed by atoms with van der Waals surface area (Å²) in [7, 11) is -3.42. The van der Waals surface area contributed by atoms with Crippen molar-refractivity contribution in [3.8, 4) is 5.88 Å². The minimum atomic E-state index is -3.42. The minimum absolute atomic E-state index is 0.111. The molecule has 1 rings (SSSR count). The number of rotatable bonds is 6. The highest BCUT2D eigenvalue weighted by molar-refractivity contribution is 7.89. The summed E-state index contributed by atoms with van der Waals surface area (Å²) in [6.07, 6.45) is 1.58. The molecular formula is C9H15N3O3S. The Bertz CT molecular complexity index is 416. The van der Waals surface area contributed by atoms with Crippen LogP contribution in [0.4, 0.5) is 5.69 Å². The van der Waals surface area contributed by atoms with E-state index in [0.29, 0.717) is 12.5 Å². The first-order chi connectivity index (χ1) is 7.51. The number of primary sulfonamides is 1. The third-order valence-electron chi connectivity index (χ3n) is 1.74. The van der Waals surface area contributed by atoms with Crippen molar-refractivity contribution in [3.63, 3.8) is 0 Å². The van der Waals surface area contributed by atoms with E-state index in [1.54, 1.807) is 18.3 Å². The third-order valence-corrected chi connectivity index (χ3v) is 2.52. The normalized spacial score (nSPS) is 11.1. The number of nitrogens with one attached hydrogen (secondary N) is 1. The molecule has 90 valence electrons. The minimum Gasteiger partial charge on any atom is -0.478 e. The maximum Gasteiger partial charge on any atom is 0.213 e. The molecule has 0 atom stereocenters. The van der Waals surface area contributed by atoms with E-state index in [1.807, 2.05) is 6.92 Å². The van der Waals surface area contributed by atoms with Gasteiger partial charge in [-0.1, -0.05) is 0 Å². The van der Waals surface area contributed by atoms with Crippen LogP contribution in [0.3, 0.4) is 0 Å². The van der Waals surface area contributed by atoms with Gasteiger partial charge in [-0.25, -0.2) is 18.5 Å². The number of aromatic nitrogens is 1. The SMILES string of the molecule is CCOc1ccc(NCCS(N)(=O)=O)cn1. The van der Waals surface area contributed by atoms with Gasteiger partial charge in [0.05, 0.1) is 24.2 Å². The molecule has 0 aromatic carbocycles. The van der Waals surface area contributed by atoms with Crippen LogP contribution in [0.2, 0.25) is 0 Å². The standard InChI is InChI=1S/C9H15N3O3S/c1-2-15-9-4-3-8(7-12-9)11-5-6-16(10,13)14/h3-4,7,11H,2,5-6H2,1H3,(H2,10,13,14). The Morgan fingerprint density at radius 1 is 1.50 bits per heavy atom. The molecule has 16 heavy (non-hydrogen) atoms. The number of nitrogens with two attached hydrogens (primary N) is 1. The van der Waals surface area contributed by atoms with E-state index in [1.165, 1.54) is 0 Å². The molecule has 0 fully saturated rings. The predicted molar refractivity (Wildman–Crippen MR) is 61.9 cm³/mol. The summed E-state index contributed by atoms with van der Waals surface area (Å²) in [4.78, 5) is 4.02. The summed E-state index contributed by atoms with van der Waals surface area (Å²) in [6.45, 7) is 2.69. The predicted octanol–water partition coefficient (Wildman–Crippen LogP) is 0.181. The quantitative estimate of drug-likeness (QED) is 0.745. The number of hydrogen-bond donors (Lipinski definition) is 2. The van der Waals surface area contributed by atoms with E-state index >= 15 is 0 Å². The molecule has 0 spiro atoms. The zero-order valence-corrected chi connectivity index (χ0v) is 9.83. The second-order valence-electron chi connectivity index (χ2n) is 3.11. The monoisotopic (exact) mass is 245 g/mol. The van der Waals surface area contributed by atoms with Gasteiger partial charge >= 0.3 is 0 Å². The smallest absolute Gasteiger partial charge is 0.213 e. The average molecular weight is 245 g/mol. The molecule has 0 aliphatic rings. The number of hydrogen-bond acceptors (Lipinski definition) is 5. The molecule has 3 N–H and O–H groups in total. The number of nitrogens with zero attached hydrogens (tertiary/aromatic N) is 1. The summed E-state index contributed by atoms with van der Waals surface area (Å²) in [5.41, 5.74) is 0.729. The molecule has 0 unspecified atom stereocenters. The van der Waals surface area contributed by atoms with E-state index in [-0.39, 0.29) is 12.3 Å². The number of pyridine rings is 1. The number of sulfonamides is 1. The molecule has 0 aliphatic heterocycles. The maximum absolute atomic E-state index is 10.7. The molecule has 0 aliphatic carbocycles. The van der Waals surface area contributed by atoms with Crippen molar-refractivity contribution in [2.75, 3.05) is 24.2 Å². The Morgan fingerprint density at radius 3 is 2.75 bits per heavy atom. The summed E-state index contributed by atoms with van der Waals surface area (Å²) in [5.74, 6) is 0.430. The van der Waals surface area contributed by atoms with E-state index in [4.69, 9.17) is 9.88 Å². The average Bonchev–Trinajstić information content (AvgIpc) is 2.19. The number of anilines is 1. The Kier molecular flexibility index (Phi) is 4.51. The lowest BCUT2D eigenvalue weighted by atomic mass is 10.4. The zero-order chi connectivity index (χ0) is 12.0. The Balaban J connectivity index is 2.43. The van der Waals surface area contributed by atoms with Crippen molar-refractivity contribution in [3.05, 3.63) is 18.3 Å². The van der Waals surface area contributed by atoms with Crippen LogP contribution in [0.15, 0.2) is 18.3 Å². The Labute approximate surface area is 94.9 Å². The highest BCUT2D eigenvalue weighted by atomic mass is 32.2. The topological polar surface area (TPSA) is 94.3 Å². The Hall–Kier alpha value is -1.34. The molecule has 0 saturated heterocycles. The first-order valence-corrected chi connectivity index (χ1v) is 6.56. The van der Waals surface area contributed by atoms with Crippen LogP contribution in [-0.4, -0.2) is 32.3 Å². The van der Waals surface area contributed by atoms with Crippen LogP contribution in [0.25, 0.3) is 0 Å². The Morgan fingerprint density at radius 2 is 2.25 bits per heavy atom. The van der Waals surface area contributed by atoms with E-state index in [9.17, 15) is 8.42 Å². The summed E-state index contributed by atoms with van der Waals surface area (Å²) in [5, 5.41) is 7.75. The molecule has 7 heteroatoms. The van der Waals surface area contributed by atoms with Gasteiger partial charge in [0.2, 0.25) is 15.9 Å². The van der Waals surface area contributed by atoms with Gasteiger partial charge in [-0.2, -0.15) is 0 Å². The van der Waals surface area contributed by atoms with Crippen molar-refractivity contribution >= 4 is 15.7 Å². The number of ether oxygens (including phenoxy) is 1. The van der Waals surface area contributed by atoms with Gasteiger partial charge in [-0.3, -0.25) is 0 Å². The van der Waals surface area contributed by atoms with Crippen LogP contribution < -0.4 is 15.2 Å². The van der Waals surface area contributed by atoms with Gasteiger partial charge in [0.1, 0.15) is 0 Å². The van der Waals surface area contributed by atoms with Gasteiger partial charge in [-0.15, -0.1) is 0 Å². The van der Waals surface area contributed by atoms with Crippen molar-refractivity contribution in [1.82, 2.24) is 4.98 Å². The van der Waals surface area contributed by atoms with Crippen LogP contribution in [0, 0.1) is 0 Å². The molecular weight excluding hydrogens is 230 g/mol. The molecule has 1 aromatic heterocycles. The lowest BCUT2D eigenvalue weighted by Crippen LogP contribution is -2.22. The van der Waals surface area contributed by atoms with Crippen molar-refractivity contribution < 1.29 is 13.2 Å². The summed E-state index contributed by atoms with van der Waals surface area (Å²) >= 11 is 0. The molecule has 0 saturated carbocycles. The molecule has 0 bridgehead atoms. The second kappa shape index (κ2) is 5.66. The van der Waals surface area contributed by atoms with Crippen LogP contribution in [-0.2, 0) is 10.0 Å². The van der Waals surface area contributed by atoms with Crippen molar-refractivity contribution in [2.45, 2.75) is 6.92 Å². The van der Waals surface area contributed by atoms with Crippen molar-refractivity contribution in [1.29, 1.82) is 0 Å².